The normalized spacial score (nSPS) is 11.5. The Bertz CT molecular complexity index is 783. The van der Waals surface area contributed by atoms with Gasteiger partial charge in [-0.1, -0.05) is 38.1 Å². The minimum Gasteiger partial charge on any atom is -0.338 e. The van der Waals surface area contributed by atoms with Crippen molar-refractivity contribution in [3.05, 3.63) is 40.5 Å². The van der Waals surface area contributed by atoms with E-state index in [0.717, 1.165) is 10.2 Å². The van der Waals surface area contributed by atoms with E-state index in [2.05, 4.69) is 31.7 Å². The number of rotatable bonds is 6. The van der Waals surface area contributed by atoms with E-state index in [-0.39, 0.29) is 30.3 Å². The lowest BCUT2D eigenvalue weighted by Gasteiger charge is -2.15. The first-order chi connectivity index (χ1) is 12.1. The van der Waals surface area contributed by atoms with Gasteiger partial charge in [-0.05, 0) is 35.1 Å². The van der Waals surface area contributed by atoms with E-state index < -0.39 is 0 Å². The fourth-order valence-corrected chi connectivity index (χ4v) is 2.55. The molecular formula is C18H23BrN4O3. The molecule has 1 heterocycles. The molecule has 0 radical (unpaired) electrons. The molecule has 2 amide bonds. The molecule has 0 spiro atoms. The largest absolute Gasteiger partial charge is 0.338 e. The zero-order valence-electron chi connectivity index (χ0n) is 15.3. The van der Waals surface area contributed by atoms with Crippen molar-refractivity contribution < 1.29 is 14.1 Å². The molecule has 0 aliphatic heterocycles. The summed E-state index contributed by atoms with van der Waals surface area (Å²) in [7, 11) is 1.69. The highest BCUT2D eigenvalue weighted by Gasteiger charge is 2.20. The number of benzene rings is 1. The molecule has 0 saturated carbocycles. The summed E-state index contributed by atoms with van der Waals surface area (Å²) in [6, 6.07) is 9.05. The number of carbonyl (C=O) groups is 2. The van der Waals surface area contributed by atoms with Gasteiger partial charge in [0.15, 0.2) is 0 Å². The van der Waals surface area contributed by atoms with Crippen LogP contribution in [0.5, 0.6) is 0 Å². The minimum absolute atomic E-state index is 0.0505. The maximum absolute atomic E-state index is 12.1. The van der Waals surface area contributed by atoms with Crippen LogP contribution >= 0.6 is 15.9 Å². The average molecular weight is 423 g/mol. The van der Waals surface area contributed by atoms with Gasteiger partial charge in [0.25, 0.3) is 0 Å². The van der Waals surface area contributed by atoms with E-state index in [1.807, 2.05) is 39.0 Å². The Kier molecular flexibility index (Phi) is 6.55. The van der Waals surface area contributed by atoms with E-state index in [0.29, 0.717) is 11.6 Å². The fraction of sp³-hybridized carbons (Fsp3) is 0.389. The molecule has 1 aromatic heterocycles. The summed E-state index contributed by atoms with van der Waals surface area (Å²) in [4.78, 5) is 25.8. The minimum atomic E-state index is -0.280. The molecule has 2 aromatic rings. The molecular weight excluding hydrogens is 400 g/mol. The molecule has 0 bridgehead atoms. The van der Waals surface area contributed by atoms with Gasteiger partial charge in [-0.25, -0.2) is 0 Å². The average Bonchev–Trinajstić information content (AvgIpc) is 2.97. The smallest absolute Gasteiger partial charge is 0.240 e. The lowest BCUT2D eigenvalue weighted by molar-refractivity contribution is -0.119. The van der Waals surface area contributed by atoms with Crippen LogP contribution in [0, 0.1) is 0 Å². The van der Waals surface area contributed by atoms with Crippen LogP contribution < -0.4 is 10.6 Å². The van der Waals surface area contributed by atoms with Crippen molar-refractivity contribution in [2.24, 2.45) is 0 Å². The van der Waals surface area contributed by atoms with Gasteiger partial charge in [-0.2, -0.15) is 0 Å². The summed E-state index contributed by atoms with van der Waals surface area (Å²) in [5, 5.41) is 9.40. The highest BCUT2D eigenvalue weighted by Crippen LogP contribution is 2.23. The van der Waals surface area contributed by atoms with Crippen LogP contribution in [0.3, 0.4) is 0 Å². The third-order valence-electron chi connectivity index (χ3n) is 3.52. The predicted molar refractivity (Wildman–Crippen MR) is 104 cm³/mol. The van der Waals surface area contributed by atoms with Crippen LogP contribution in [-0.4, -0.2) is 42.0 Å². The highest BCUT2D eigenvalue weighted by atomic mass is 79.9. The third kappa shape index (κ3) is 5.96. The van der Waals surface area contributed by atoms with Crippen LogP contribution in [0.1, 0.15) is 26.5 Å². The van der Waals surface area contributed by atoms with Crippen molar-refractivity contribution in [1.29, 1.82) is 0 Å². The Morgan fingerprint density at radius 3 is 2.35 bits per heavy atom. The standard InChI is InChI=1S/C18H23BrN4O3/c1-18(2,3)14-9-17(26-22-14)21-16(25)11-23(4)10-15(24)20-13-8-6-5-7-12(13)19/h5-9H,10-11H2,1-4H3,(H,20,24)(H,21,25). The molecule has 8 heteroatoms. The molecule has 0 unspecified atom stereocenters. The van der Waals surface area contributed by atoms with Gasteiger partial charge in [-0.3, -0.25) is 19.8 Å². The first-order valence-corrected chi connectivity index (χ1v) is 8.94. The van der Waals surface area contributed by atoms with Crippen LogP contribution in [0.2, 0.25) is 0 Å². The molecule has 2 rings (SSSR count). The number of likely N-dealkylation sites (N-methyl/N-ethyl adjacent to an activating group) is 1. The summed E-state index contributed by atoms with van der Waals surface area (Å²) in [6.45, 7) is 6.16. The first-order valence-electron chi connectivity index (χ1n) is 8.15. The highest BCUT2D eigenvalue weighted by molar-refractivity contribution is 9.10. The van der Waals surface area contributed by atoms with Gasteiger partial charge in [0.2, 0.25) is 17.7 Å². The lowest BCUT2D eigenvalue weighted by Crippen LogP contribution is -2.36. The summed E-state index contributed by atoms with van der Waals surface area (Å²) in [6.07, 6.45) is 0. The summed E-state index contributed by atoms with van der Waals surface area (Å²) in [5.74, 6) is -0.189. The first kappa shape index (κ1) is 20.1. The Morgan fingerprint density at radius 2 is 1.77 bits per heavy atom. The molecule has 0 atom stereocenters. The Hall–Kier alpha value is -2.19. The monoisotopic (exact) mass is 422 g/mol. The zero-order valence-corrected chi connectivity index (χ0v) is 16.9. The van der Waals surface area contributed by atoms with Gasteiger partial charge in [-0.15, -0.1) is 0 Å². The van der Waals surface area contributed by atoms with Crippen LogP contribution in [0.4, 0.5) is 11.6 Å². The SMILES string of the molecule is CN(CC(=O)Nc1cc(C(C)(C)C)no1)CC(=O)Nc1ccccc1Br. The number of nitrogens with one attached hydrogen (secondary N) is 2. The van der Waals surface area contributed by atoms with E-state index in [9.17, 15) is 9.59 Å². The molecule has 26 heavy (non-hydrogen) atoms. The Labute approximate surface area is 161 Å². The maximum Gasteiger partial charge on any atom is 0.240 e. The number of carbonyl (C=O) groups excluding carboxylic acids is 2. The van der Waals surface area contributed by atoms with Crippen molar-refractivity contribution in [1.82, 2.24) is 10.1 Å². The Balaban J connectivity index is 1.82. The molecule has 140 valence electrons. The number of hydrogen-bond donors (Lipinski definition) is 2. The number of aromatic nitrogens is 1. The van der Waals surface area contributed by atoms with E-state index in [1.165, 1.54) is 0 Å². The Morgan fingerprint density at radius 1 is 1.15 bits per heavy atom. The van der Waals surface area contributed by atoms with Gasteiger partial charge in [0.05, 0.1) is 24.5 Å². The summed E-state index contributed by atoms with van der Waals surface area (Å²) in [5.41, 5.74) is 1.29. The zero-order chi connectivity index (χ0) is 19.3. The van der Waals surface area contributed by atoms with E-state index in [4.69, 9.17) is 4.52 Å². The van der Waals surface area contributed by atoms with E-state index in [1.54, 1.807) is 24.1 Å². The lowest BCUT2D eigenvalue weighted by atomic mass is 9.92. The van der Waals surface area contributed by atoms with Crippen molar-refractivity contribution in [3.8, 4) is 0 Å². The van der Waals surface area contributed by atoms with Crippen LogP contribution in [0.15, 0.2) is 39.3 Å². The third-order valence-corrected chi connectivity index (χ3v) is 4.21. The van der Waals surface area contributed by atoms with E-state index >= 15 is 0 Å². The summed E-state index contributed by atoms with van der Waals surface area (Å²) < 4.78 is 5.93. The summed E-state index contributed by atoms with van der Waals surface area (Å²) >= 11 is 3.38. The second-order valence-corrected chi connectivity index (χ2v) is 7.93. The molecule has 7 nitrogen and oxygen atoms in total. The molecule has 0 aliphatic rings. The van der Waals surface area contributed by atoms with Crippen molar-refractivity contribution in [3.63, 3.8) is 0 Å². The number of anilines is 2. The predicted octanol–water partition coefficient (Wildman–Crippen LogP) is 3.24. The van der Waals surface area contributed by atoms with Gasteiger partial charge in [0.1, 0.15) is 0 Å². The molecule has 2 N–H and O–H groups in total. The van der Waals surface area contributed by atoms with Crippen molar-refractivity contribution >= 4 is 39.3 Å². The van der Waals surface area contributed by atoms with Crippen molar-refractivity contribution in [2.45, 2.75) is 26.2 Å². The van der Waals surface area contributed by atoms with Gasteiger partial charge in [0, 0.05) is 16.0 Å². The quantitative estimate of drug-likeness (QED) is 0.745. The van der Waals surface area contributed by atoms with Gasteiger partial charge < -0.3 is 9.84 Å². The van der Waals surface area contributed by atoms with Crippen LogP contribution in [0.25, 0.3) is 0 Å². The van der Waals surface area contributed by atoms with Gasteiger partial charge >= 0.3 is 0 Å². The number of para-hydroxylation sites is 1. The van der Waals surface area contributed by atoms with Crippen molar-refractivity contribution in [2.75, 3.05) is 30.8 Å². The topological polar surface area (TPSA) is 87.5 Å². The van der Waals surface area contributed by atoms with Crippen LogP contribution in [-0.2, 0) is 15.0 Å². The number of halogens is 1. The molecule has 1 aromatic carbocycles. The second-order valence-electron chi connectivity index (χ2n) is 7.07. The second kappa shape index (κ2) is 8.46. The molecule has 0 saturated heterocycles. The number of nitrogens with zero attached hydrogens (tertiary/aromatic N) is 2. The molecule has 0 fully saturated rings. The number of amides is 2. The number of hydrogen-bond acceptors (Lipinski definition) is 5. The fourth-order valence-electron chi connectivity index (χ4n) is 2.16. The molecule has 0 aliphatic carbocycles. The maximum atomic E-state index is 12.1.